The molecule has 0 atom stereocenters. The maximum absolute atomic E-state index is 0. The molecule has 0 aromatic rings. The van der Waals surface area contributed by atoms with E-state index in [-0.39, 0.29) is 95.5 Å². The molecule has 0 aliphatic carbocycles. The molecule has 0 N–H and O–H groups in total. The summed E-state index contributed by atoms with van der Waals surface area (Å²) in [4.78, 5) is 0. The molecule has 0 radical (unpaired) electrons. The van der Waals surface area contributed by atoms with Gasteiger partial charge in [0.15, 0.2) is 0 Å². The van der Waals surface area contributed by atoms with Crippen LogP contribution in [-0.4, -0.2) is 0 Å². The fourth-order valence-electron chi connectivity index (χ4n) is 0. The van der Waals surface area contributed by atoms with E-state index < -0.39 is 0 Å². The summed E-state index contributed by atoms with van der Waals surface area (Å²) in [5.41, 5.74) is 0. The molecule has 0 saturated heterocycles. The van der Waals surface area contributed by atoms with Crippen LogP contribution >= 0.6 is 0 Å². The van der Waals surface area contributed by atoms with Gasteiger partial charge in [0.05, 0.1) is 0 Å². The van der Waals surface area contributed by atoms with Crippen molar-refractivity contribution in [3.63, 3.8) is 0 Å². The van der Waals surface area contributed by atoms with Crippen LogP contribution in [0.3, 0.4) is 0 Å². The summed E-state index contributed by atoms with van der Waals surface area (Å²) in [6.07, 6.45) is 0. The second-order valence-corrected chi connectivity index (χ2v) is 0. The molecule has 0 aromatic heterocycles. The first-order valence-electron chi connectivity index (χ1n) is 0. The molecule has 0 aliphatic heterocycles. The standard InChI is InChI=1S/Cr.Ni.Pd.Ru.Ti. The summed E-state index contributed by atoms with van der Waals surface area (Å²) in [6, 6.07) is 0. The van der Waals surface area contributed by atoms with Gasteiger partial charge in [0, 0.05) is 95.5 Å². The minimum absolute atomic E-state index is 0. The van der Waals surface area contributed by atoms with Crippen molar-refractivity contribution in [1.82, 2.24) is 0 Å². The van der Waals surface area contributed by atoms with Gasteiger partial charge < -0.3 is 0 Å². The van der Waals surface area contributed by atoms with Crippen molar-refractivity contribution in [1.29, 1.82) is 0 Å². The Labute approximate surface area is 94.0 Å². The fourth-order valence-corrected chi connectivity index (χ4v) is 0. The van der Waals surface area contributed by atoms with Gasteiger partial charge in [-0.3, -0.25) is 0 Å². The van der Waals surface area contributed by atoms with Crippen LogP contribution in [0.5, 0.6) is 0 Å². The summed E-state index contributed by atoms with van der Waals surface area (Å²) in [7, 11) is 0. The van der Waals surface area contributed by atoms with Crippen molar-refractivity contribution >= 4 is 0 Å². The summed E-state index contributed by atoms with van der Waals surface area (Å²) in [6.45, 7) is 0. The van der Waals surface area contributed by atoms with E-state index in [1.807, 2.05) is 0 Å². The Bertz CT molecular complexity index is 11.6. The van der Waals surface area contributed by atoms with E-state index >= 15 is 0 Å². The summed E-state index contributed by atoms with van der Waals surface area (Å²) in [5, 5.41) is 0. The third kappa shape index (κ3) is 19.4. The molecule has 0 rings (SSSR count). The quantitative estimate of drug-likeness (QED) is 0.530. The van der Waals surface area contributed by atoms with E-state index in [1.165, 1.54) is 0 Å². The minimum atomic E-state index is 0. The molecule has 0 nitrogen and oxygen atoms in total. The van der Waals surface area contributed by atoms with E-state index in [0.717, 1.165) is 0 Å². The van der Waals surface area contributed by atoms with Crippen molar-refractivity contribution in [2.24, 2.45) is 0 Å². The zero-order valence-electron chi connectivity index (χ0n) is 1.89. The van der Waals surface area contributed by atoms with Crippen molar-refractivity contribution in [3.05, 3.63) is 0 Å². The molecule has 0 bridgehead atoms. The Morgan fingerprint density at radius 1 is 1.00 bits per heavy atom. The molecular formula is CrNiPdRuTi. The van der Waals surface area contributed by atoms with Gasteiger partial charge in [0.25, 0.3) is 0 Å². The first-order chi connectivity index (χ1) is 0. The van der Waals surface area contributed by atoms with Crippen molar-refractivity contribution in [2.45, 2.75) is 0 Å². The molecule has 0 saturated carbocycles. The van der Waals surface area contributed by atoms with E-state index in [2.05, 4.69) is 0 Å². The Morgan fingerprint density at radius 2 is 1.00 bits per heavy atom. The zero-order chi connectivity index (χ0) is 0. The van der Waals surface area contributed by atoms with Crippen molar-refractivity contribution < 1.29 is 95.5 Å². The van der Waals surface area contributed by atoms with Crippen LogP contribution in [0.15, 0.2) is 0 Å². The van der Waals surface area contributed by atoms with E-state index in [1.54, 1.807) is 0 Å². The molecule has 5 heavy (non-hydrogen) atoms. The van der Waals surface area contributed by atoms with E-state index in [0.29, 0.717) is 0 Å². The van der Waals surface area contributed by atoms with Crippen LogP contribution in [0, 0.1) is 0 Å². The maximum atomic E-state index is 0. The monoisotopic (exact) mass is 366 g/mol. The minimum Gasteiger partial charge on any atom is 0 e. The predicted octanol–water partition coefficient (Wildman–Crippen LogP) is -0.0125. The molecule has 0 fully saturated rings. The Balaban J connectivity index is 0. The number of hydrogen-bond donors (Lipinski definition) is 0. The molecule has 0 unspecified atom stereocenters. The molecule has 5 heteroatoms. The second-order valence-electron chi connectivity index (χ2n) is 0. The molecule has 38 valence electrons. The van der Waals surface area contributed by atoms with Crippen LogP contribution in [0.25, 0.3) is 0 Å². The molecule has 0 aromatic carbocycles. The zero-order valence-corrected chi connectivity index (χ0v) is 9.01. The summed E-state index contributed by atoms with van der Waals surface area (Å²) < 4.78 is 0. The maximum Gasteiger partial charge on any atom is 0 e. The van der Waals surface area contributed by atoms with Gasteiger partial charge in [-0.2, -0.15) is 0 Å². The van der Waals surface area contributed by atoms with Crippen LogP contribution in [0.1, 0.15) is 0 Å². The molecule has 0 amide bonds. The largest absolute Gasteiger partial charge is 0 e. The number of hydrogen-bond acceptors (Lipinski definition) is 0. The van der Waals surface area contributed by atoms with Gasteiger partial charge in [-0.05, 0) is 0 Å². The Morgan fingerprint density at radius 3 is 1.00 bits per heavy atom. The molecule has 0 spiro atoms. The van der Waals surface area contributed by atoms with Crippen molar-refractivity contribution in [3.8, 4) is 0 Å². The van der Waals surface area contributed by atoms with E-state index in [4.69, 9.17) is 0 Å². The van der Waals surface area contributed by atoms with Crippen LogP contribution in [-0.2, 0) is 95.5 Å². The number of rotatable bonds is 0. The second kappa shape index (κ2) is 27.9. The van der Waals surface area contributed by atoms with Gasteiger partial charge in [0.1, 0.15) is 0 Å². The first-order valence-corrected chi connectivity index (χ1v) is 0. The van der Waals surface area contributed by atoms with Gasteiger partial charge in [-0.25, -0.2) is 0 Å². The van der Waals surface area contributed by atoms with Crippen LogP contribution in [0.2, 0.25) is 0 Å². The van der Waals surface area contributed by atoms with Gasteiger partial charge in [0.2, 0.25) is 0 Å². The molecule has 0 heterocycles. The average Bonchev–Trinajstić information content (AvgIpc) is 0. The van der Waals surface area contributed by atoms with Crippen LogP contribution < -0.4 is 0 Å². The van der Waals surface area contributed by atoms with E-state index in [9.17, 15) is 0 Å². The van der Waals surface area contributed by atoms with Gasteiger partial charge in [-0.15, -0.1) is 0 Å². The van der Waals surface area contributed by atoms with Gasteiger partial charge in [-0.1, -0.05) is 0 Å². The summed E-state index contributed by atoms with van der Waals surface area (Å²) >= 11 is 0. The molecule has 0 aliphatic rings. The first kappa shape index (κ1) is 43.3. The summed E-state index contributed by atoms with van der Waals surface area (Å²) in [5.74, 6) is 0. The SMILES string of the molecule is [Cr].[Ni].[Pd].[Ru].[Ti]. The topological polar surface area (TPSA) is 0 Å². The van der Waals surface area contributed by atoms with Crippen molar-refractivity contribution in [2.75, 3.05) is 0 Å². The Hall–Kier alpha value is 3.03. The smallest absolute Gasteiger partial charge is 0 e. The fraction of sp³-hybridized carbons (Fsp3) is 0. The van der Waals surface area contributed by atoms with Gasteiger partial charge >= 0.3 is 0 Å². The van der Waals surface area contributed by atoms with Crippen LogP contribution in [0.4, 0.5) is 0 Å². The third-order valence-corrected chi connectivity index (χ3v) is 0. The predicted molar refractivity (Wildman–Crippen MR) is 0 cm³/mol. The third-order valence-electron chi connectivity index (χ3n) is 0. The average molecular weight is 366 g/mol. The molecular weight excluding hydrogens is 366 g/mol. The Kier molecular flexibility index (Phi) is 241. The normalized spacial score (nSPS) is 0.